The average Bonchev–Trinajstić information content (AvgIpc) is 2.66. The number of aryl methyl sites for hydroxylation is 1. The molecule has 0 radical (unpaired) electrons. The molecule has 6 nitrogen and oxygen atoms in total. The van der Waals surface area contributed by atoms with Crippen LogP contribution >= 0.6 is 0 Å². The third kappa shape index (κ3) is 5.03. The second-order valence-electron chi connectivity index (χ2n) is 5.79. The van der Waals surface area contributed by atoms with E-state index >= 15 is 0 Å². The van der Waals surface area contributed by atoms with Crippen molar-refractivity contribution in [2.24, 2.45) is 0 Å². The highest BCUT2D eigenvalue weighted by molar-refractivity contribution is 5.78. The average molecular weight is 281 g/mol. The van der Waals surface area contributed by atoms with Crippen LogP contribution in [0.5, 0.6) is 0 Å². The summed E-state index contributed by atoms with van der Waals surface area (Å²) in [6, 6.07) is 0. The van der Waals surface area contributed by atoms with Crippen molar-refractivity contribution in [3.05, 3.63) is 17.3 Å². The Morgan fingerprint density at radius 1 is 1.20 bits per heavy atom. The molecular weight excluding hydrogens is 258 g/mol. The van der Waals surface area contributed by atoms with E-state index in [0.29, 0.717) is 24.7 Å². The van der Waals surface area contributed by atoms with E-state index in [2.05, 4.69) is 15.6 Å². The van der Waals surface area contributed by atoms with Crippen molar-refractivity contribution < 1.29 is 14.0 Å². The van der Waals surface area contributed by atoms with Crippen LogP contribution in [-0.4, -0.2) is 29.9 Å². The molecule has 0 aliphatic rings. The fraction of sp³-hybridized carbons (Fsp3) is 0.643. The molecule has 0 saturated carbocycles. The first-order valence-corrected chi connectivity index (χ1v) is 6.68. The van der Waals surface area contributed by atoms with Gasteiger partial charge in [0.25, 0.3) is 0 Å². The summed E-state index contributed by atoms with van der Waals surface area (Å²) in [6.45, 7) is 10.1. The molecule has 112 valence electrons. The summed E-state index contributed by atoms with van der Waals surface area (Å²) in [4.78, 5) is 26.8. The summed E-state index contributed by atoms with van der Waals surface area (Å²) in [5, 5.41) is 5.33. The molecule has 0 unspecified atom stereocenters. The minimum atomic E-state index is -0.176. The van der Waals surface area contributed by atoms with Gasteiger partial charge in [-0.25, -0.2) is 4.98 Å². The second kappa shape index (κ2) is 6.54. The number of oxazole rings is 1. The Labute approximate surface area is 119 Å². The molecule has 0 aliphatic carbocycles. The third-order valence-corrected chi connectivity index (χ3v) is 2.68. The van der Waals surface area contributed by atoms with Crippen LogP contribution in [0.15, 0.2) is 4.42 Å². The molecule has 0 aromatic carbocycles. The van der Waals surface area contributed by atoms with E-state index in [1.54, 1.807) is 0 Å². The fourth-order valence-corrected chi connectivity index (χ4v) is 1.56. The zero-order chi connectivity index (χ0) is 15.3. The van der Waals surface area contributed by atoms with Gasteiger partial charge in [0.15, 0.2) is 5.89 Å². The lowest BCUT2D eigenvalue weighted by Gasteiger charge is -2.12. The van der Waals surface area contributed by atoms with Gasteiger partial charge in [0.2, 0.25) is 11.8 Å². The Morgan fingerprint density at radius 3 is 2.30 bits per heavy atom. The standard InChI is InChI=1S/C14H23N3O3/c1-9-11(20-13(17-9)14(3,4)5)8-12(19)16-7-6-15-10(2)18/h6-8H2,1-5H3,(H,15,18)(H,16,19). The Hall–Kier alpha value is -1.85. The van der Waals surface area contributed by atoms with Gasteiger partial charge >= 0.3 is 0 Å². The molecule has 0 bridgehead atoms. The van der Waals surface area contributed by atoms with E-state index in [1.807, 2.05) is 27.7 Å². The molecule has 1 heterocycles. The molecule has 0 saturated heterocycles. The molecule has 0 atom stereocenters. The van der Waals surface area contributed by atoms with Gasteiger partial charge in [0.05, 0.1) is 12.1 Å². The number of carbonyl (C=O) groups is 2. The van der Waals surface area contributed by atoms with E-state index in [-0.39, 0.29) is 23.7 Å². The van der Waals surface area contributed by atoms with Gasteiger partial charge in [0.1, 0.15) is 5.76 Å². The number of nitrogens with zero attached hydrogens (tertiary/aromatic N) is 1. The van der Waals surface area contributed by atoms with Crippen LogP contribution in [0.2, 0.25) is 0 Å². The van der Waals surface area contributed by atoms with Crippen LogP contribution in [0.4, 0.5) is 0 Å². The number of hydrogen-bond acceptors (Lipinski definition) is 4. The Balaban J connectivity index is 2.50. The van der Waals surface area contributed by atoms with Gasteiger partial charge in [-0.2, -0.15) is 0 Å². The van der Waals surface area contributed by atoms with Crippen molar-refractivity contribution in [3.63, 3.8) is 0 Å². The molecule has 0 spiro atoms. The van der Waals surface area contributed by atoms with Gasteiger partial charge < -0.3 is 15.1 Å². The van der Waals surface area contributed by atoms with Crippen molar-refractivity contribution in [3.8, 4) is 0 Å². The van der Waals surface area contributed by atoms with E-state index in [9.17, 15) is 9.59 Å². The van der Waals surface area contributed by atoms with E-state index in [4.69, 9.17) is 4.42 Å². The van der Waals surface area contributed by atoms with Gasteiger partial charge in [-0.3, -0.25) is 9.59 Å². The number of nitrogens with one attached hydrogen (secondary N) is 2. The summed E-state index contributed by atoms with van der Waals surface area (Å²) in [6.07, 6.45) is 0.162. The molecule has 1 rings (SSSR count). The largest absolute Gasteiger partial charge is 0.444 e. The van der Waals surface area contributed by atoms with Crippen LogP contribution in [0, 0.1) is 6.92 Å². The van der Waals surface area contributed by atoms with Crippen LogP contribution in [0.1, 0.15) is 45.0 Å². The Bertz CT molecular complexity index is 486. The topological polar surface area (TPSA) is 84.2 Å². The summed E-state index contributed by atoms with van der Waals surface area (Å²) < 4.78 is 5.65. The molecule has 2 N–H and O–H groups in total. The van der Waals surface area contributed by atoms with Crippen molar-refractivity contribution >= 4 is 11.8 Å². The lowest BCUT2D eigenvalue weighted by Crippen LogP contribution is -2.34. The third-order valence-electron chi connectivity index (χ3n) is 2.68. The predicted octanol–water partition coefficient (Wildman–Crippen LogP) is 1.08. The number of carbonyl (C=O) groups excluding carboxylic acids is 2. The second-order valence-corrected chi connectivity index (χ2v) is 5.79. The minimum absolute atomic E-state index is 0.111. The lowest BCUT2D eigenvalue weighted by molar-refractivity contribution is -0.121. The number of amides is 2. The van der Waals surface area contributed by atoms with Crippen LogP contribution in [0.3, 0.4) is 0 Å². The fourth-order valence-electron chi connectivity index (χ4n) is 1.56. The van der Waals surface area contributed by atoms with Gasteiger partial charge in [0, 0.05) is 25.4 Å². The van der Waals surface area contributed by atoms with Crippen LogP contribution in [0.25, 0.3) is 0 Å². The summed E-state index contributed by atoms with van der Waals surface area (Å²) in [5.74, 6) is 0.971. The number of aromatic nitrogens is 1. The lowest BCUT2D eigenvalue weighted by atomic mass is 9.97. The molecule has 0 fully saturated rings. The zero-order valence-corrected chi connectivity index (χ0v) is 12.8. The highest BCUT2D eigenvalue weighted by atomic mass is 16.4. The van der Waals surface area contributed by atoms with E-state index < -0.39 is 0 Å². The normalized spacial score (nSPS) is 11.2. The first-order chi connectivity index (χ1) is 9.20. The van der Waals surface area contributed by atoms with Crippen molar-refractivity contribution in [1.29, 1.82) is 0 Å². The van der Waals surface area contributed by atoms with Gasteiger partial charge in [-0.15, -0.1) is 0 Å². The number of rotatable bonds is 5. The molecule has 2 amide bonds. The number of hydrogen-bond donors (Lipinski definition) is 2. The minimum Gasteiger partial charge on any atom is -0.444 e. The zero-order valence-electron chi connectivity index (χ0n) is 12.8. The Morgan fingerprint density at radius 2 is 1.80 bits per heavy atom. The molecule has 0 aliphatic heterocycles. The van der Waals surface area contributed by atoms with Crippen LogP contribution in [-0.2, 0) is 21.4 Å². The van der Waals surface area contributed by atoms with E-state index in [0.717, 1.165) is 5.69 Å². The van der Waals surface area contributed by atoms with Gasteiger partial charge in [-0.05, 0) is 6.92 Å². The van der Waals surface area contributed by atoms with Crippen molar-refractivity contribution in [1.82, 2.24) is 15.6 Å². The molecule has 20 heavy (non-hydrogen) atoms. The van der Waals surface area contributed by atoms with Crippen molar-refractivity contribution in [2.45, 2.75) is 46.5 Å². The van der Waals surface area contributed by atoms with Crippen LogP contribution < -0.4 is 10.6 Å². The summed E-state index contributed by atoms with van der Waals surface area (Å²) in [5.41, 5.74) is 0.567. The summed E-state index contributed by atoms with van der Waals surface area (Å²) in [7, 11) is 0. The van der Waals surface area contributed by atoms with E-state index in [1.165, 1.54) is 6.92 Å². The van der Waals surface area contributed by atoms with Gasteiger partial charge in [-0.1, -0.05) is 20.8 Å². The Kier molecular flexibility index (Phi) is 5.30. The predicted molar refractivity (Wildman–Crippen MR) is 75.3 cm³/mol. The quantitative estimate of drug-likeness (QED) is 0.791. The van der Waals surface area contributed by atoms with Crippen molar-refractivity contribution in [2.75, 3.05) is 13.1 Å². The highest BCUT2D eigenvalue weighted by Crippen LogP contribution is 2.23. The molecule has 6 heteroatoms. The maximum absolute atomic E-state index is 11.8. The molecular formula is C14H23N3O3. The monoisotopic (exact) mass is 281 g/mol. The maximum Gasteiger partial charge on any atom is 0.227 e. The molecule has 1 aromatic rings. The smallest absolute Gasteiger partial charge is 0.227 e. The highest BCUT2D eigenvalue weighted by Gasteiger charge is 2.23. The molecule has 1 aromatic heterocycles. The summed E-state index contributed by atoms with van der Waals surface area (Å²) >= 11 is 0. The first-order valence-electron chi connectivity index (χ1n) is 6.68. The first kappa shape index (κ1) is 16.2. The SMILES string of the molecule is CC(=O)NCCNC(=O)Cc1oc(C(C)(C)C)nc1C. The maximum atomic E-state index is 11.8.